The van der Waals surface area contributed by atoms with E-state index in [0.717, 1.165) is 5.92 Å². The van der Waals surface area contributed by atoms with Crippen LogP contribution < -0.4 is 0 Å². The van der Waals surface area contributed by atoms with Crippen LogP contribution in [-0.2, 0) is 0 Å². The first-order chi connectivity index (χ1) is 6.69. The predicted octanol–water partition coefficient (Wildman–Crippen LogP) is 5.17. The summed E-state index contributed by atoms with van der Waals surface area (Å²) >= 11 is 0. The number of hydrogen-bond acceptors (Lipinski definition) is 0. The van der Waals surface area contributed by atoms with E-state index in [9.17, 15) is 0 Å². The molecule has 0 heteroatoms. The highest BCUT2D eigenvalue weighted by Gasteiger charge is 2.32. The van der Waals surface area contributed by atoms with Gasteiger partial charge in [-0.3, -0.25) is 0 Å². The summed E-state index contributed by atoms with van der Waals surface area (Å²) in [7, 11) is 0. The number of unbranched alkanes of at least 4 members (excludes halogenated alkanes) is 3. The Morgan fingerprint density at radius 3 is 2.57 bits per heavy atom. The van der Waals surface area contributed by atoms with Crippen molar-refractivity contribution in [1.82, 2.24) is 0 Å². The van der Waals surface area contributed by atoms with E-state index < -0.39 is 0 Å². The first kappa shape index (κ1) is 12.1. The Hall–Kier alpha value is 0. The third kappa shape index (κ3) is 3.29. The lowest BCUT2D eigenvalue weighted by molar-refractivity contribution is 0.114. The average molecular weight is 196 g/mol. The normalized spacial score (nSPS) is 33.2. The maximum atomic E-state index is 2.53. The molecule has 84 valence electrons. The first-order valence-corrected chi connectivity index (χ1v) is 6.69. The molecule has 0 spiro atoms. The van der Waals surface area contributed by atoms with Gasteiger partial charge in [-0.05, 0) is 24.2 Å². The van der Waals surface area contributed by atoms with Gasteiger partial charge in [-0.25, -0.2) is 0 Å². The molecule has 0 aromatic carbocycles. The van der Waals surface area contributed by atoms with Gasteiger partial charge in [-0.2, -0.15) is 0 Å². The van der Waals surface area contributed by atoms with E-state index in [2.05, 4.69) is 20.8 Å². The van der Waals surface area contributed by atoms with Gasteiger partial charge in [0.05, 0.1) is 0 Å². The van der Waals surface area contributed by atoms with Gasteiger partial charge in [0.15, 0.2) is 0 Å². The van der Waals surface area contributed by atoms with E-state index in [0.29, 0.717) is 5.41 Å². The van der Waals surface area contributed by atoms with Crippen LogP contribution in [0.2, 0.25) is 0 Å². The Balaban J connectivity index is 2.25. The molecule has 0 unspecified atom stereocenters. The van der Waals surface area contributed by atoms with Crippen LogP contribution in [0.15, 0.2) is 0 Å². The molecule has 1 aliphatic rings. The molecule has 0 amide bonds. The van der Waals surface area contributed by atoms with Gasteiger partial charge in [0, 0.05) is 0 Å². The van der Waals surface area contributed by atoms with Gasteiger partial charge in [0.1, 0.15) is 0 Å². The summed E-state index contributed by atoms with van der Waals surface area (Å²) in [5.41, 5.74) is 0.686. The minimum atomic E-state index is 0.686. The topological polar surface area (TPSA) is 0 Å². The summed E-state index contributed by atoms with van der Waals surface area (Å²) in [4.78, 5) is 0. The Morgan fingerprint density at radius 2 is 1.93 bits per heavy atom. The van der Waals surface area contributed by atoms with Crippen LogP contribution in [0.25, 0.3) is 0 Å². The third-order valence-corrected chi connectivity index (χ3v) is 4.43. The molecule has 0 saturated heterocycles. The highest BCUT2D eigenvalue weighted by atomic mass is 14.4. The van der Waals surface area contributed by atoms with E-state index in [-0.39, 0.29) is 0 Å². The Bertz CT molecular complexity index is 150. The Morgan fingerprint density at radius 1 is 1.14 bits per heavy atom. The van der Waals surface area contributed by atoms with Crippen LogP contribution in [0, 0.1) is 11.3 Å². The smallest absolute Gasteiger partial charge is 0.0300 e. The highest BCUT2D eigenvalue weighted by Crippen LogP contribution is 2.44. The molecule has 0 radical (unpaired) electrons. The lowest BCUT2D eigenvalue weighted by atomic mass is 9.66. The zero-order valence-electron chi connectivity index (χ0n) is 10.4. The van der Waals surface area contributed by atoms with E-state index in [4.69, 9.17) is 0 Å². The van der Waals surface area contributed by atoms with Crippen molar-refractivity contribution in [2.75, 3.05) is 0 Å². The zero-order valence-corrected chi connectivity index (χ0v) is 10.4. The van der Waals surface area contributed by atoms with Crippen molar-refractivity contribution < 1.29 is 0 Å². The van der Waals surface area contributed by atoms with Gasteiger partial charge >= 0.3 is 0 Å². The molecule has 0 aromatic heterocycles. The second-order valence-corrected chi connectivity index (χ2v) is 5.61. The van der Waals surface area contributed by atoms with Gasteiger partial charge in [0.25, 0.3) is 0 Å². The number of rotatable bonds is 5. The van der Waals surface area contributed by atoms with Crippen molar-refractivity contribution in [2.45, 2.75) is 78.6 Å². The molecule has 0 aliphatic heterocycles. The summed E-state index contributed by atoms with van der Waals surface area (Å²) in [6.07, 6.45) is 13.1. The molecule has 1 rings (SSSR count). The maximum absolute atomic E-state index is 2.53. The van der Waals surface area contributed by atoms with Gasteiger partial charge in [-0.1, -0.05) is 65.7 Å². The van der Waals surface area contributed by atoms with Crippen molar-refractivity contribution in [2.24, 2.45) is 11.3 Å². The molecule has 1 fully saturated rings. The minimum absolute atomic E-state index is 0.686. The molecule has 1 aliphatic carbocycles. The third-order valence-electron chi connectivity index (χ3n) is 4.43. The summed E-state index contributed by atoms with van der Waals surface area (Å²) < 4.78 is 0. The molecular formula is C14H28. The van der Waals surface area contributed by atoms with E-state index >= 15 is 0 Å². The molecular weight excluding hydrogens is 168 g/mol. The standard InChI is InChI=1S/C14H28/c1-4-5-6-8-11-14(3)12-9-7-10-13(14)2/h13H,4-12H2,1-3H3/t13-,14-/m0/s1. The van der Waals surface area contributed by atoms with Crippen molar-refractivity contribution in [3.05, 3.63) is 0 Å². The molecule has 0 bridgehead atoms. The van der Waals surface area contributed by atoms with Crippen LogP contribution in [-0.4, -0.2) is 0 Å². The quantitative estimate of drug-likeness (QED) is 0.532. The van der Waals surface area contributed by atoms with E-state index in [1.807, 2.05) is 0 Å². The summed E-state index contributed by atoms with van der Waals surface area (Å²) in [5.74, 6) is 0.970. The number of hydrogen-bond donors (Lipinski definition) is 0. The lowest BCUT2D eigenvalue weighted by Crippen LogP contribution is -2.28. The van der Waals surface area contributed by atoms with Crippen LogP contribution >= 0.6 is 0 Å². The van der Waals surface area contributed by atoms with Gasteiger partial charge in [0.2, 0.25) is 0 Å². The monoisotopic (exact) mass is 196 g/mol. The minimum Gasteiger partial charge on any atom is -0.0654 e. The molecule has 0 nitrogen and oxygen atoms in total. The Kier molecular flexibility index (Phi) is 4.98. The van der Waals surface area contributed by atoms with Gasteiger partial charge < -0.3 is 0 Å². The van der Waals surface area contributed by atoms with E-state index in [1.165, 1.54) is 57.8 Å². The lowest BCUT2D eigenvalue weighted by Gasteiger charge is -2.40. The summed E-state index contributed by atoms with van der Waals surface area (Å²) in [6.45, 7) is 7.30. The second-order valence-electron chi connectivity index (χ2n) is 5.61. The van der Waals surface area contributed by atoms with Crippen molar-refractivity contribution >= 4 is 0 Å². The zero-order chi connectivity index (χ0) is 10.4. The largest absolute Gasteiger partial charge is 0.0654 e. The Labute approximate surface area is 90.5 Å². The average Bonchev–Trinajstić information content (AvgIpc) is 2.18. The molecule has 0 heterocycles. The van der Waals surface area contributed by atoms with Crippen LogP contribution in [0.4, 0.5) is 0 Å². The fourth-order valence-corrected chi connectivity index (χ4v) is 2.90. The highest BCUT2D eigenvalue weighted by molar-refractivity contribution is 4.83. The van der Waals surface area contributed by atoms with Crippen LogP contribution in [0.1, 0.15) is 78.6 Å². The molecule has 0 aromatic rings. The second kappa shape index (κ2) is 5.78. The van der Waals surface area contributed by atoms with Crippen molar-refractivity contribution in [3.63, 3.8) is 0 Å². The molecule has 2 atom stereocenters. The van der Waals surface area contributed by atoms with Crippen LogP contribution in [0.3, 0.4) is 0 Å². The molecule has 1 saturated carbocycles. The fraction of sp³-hybridized carbons (Fsp3) is 1.00. The van der Waals surface area contributed by atoms with E-state index in [1.54, 1.807) is 0 Å². The summed E-state index contributed by atoms with van der Waals surface area (Å²) in [6, 6.07) is 0. The maximum Gasteiger partial charge on any atom is -0.0300 e. The SMILES string of the molecule is CCCCCC[C@@]1(C)CCCC[C@@H]1C. The molecule has 14 heavy (non-hydrogen) atoms. The van der Waals surface area contributed by atoms with Crippen molar-refractivity contribution in [1.29, 1.82) is 0 Å². The fourth-order valence-electron chi connectivity index (χ4n) is 2.90. The summed E-state index contributed by atoms with van der Waals surface area (Å²) in [5, 5.41) is 0. The van der Waals surface area contributed by atoms with Gasteiger partial charge in [-0.15, -0.1) is 0 Å². The van der Waals surface area contributed by atoms with Crippen molar-refractivity contribution in [3.8, 4) is 0 Å². The molecule has 0 N–H and O–H groups in total. The predicted molar refractivity (Wildman–Crippen MR) is 64.5 cm³/mol. The first-order valence-electron chi connectivity index (χ1n) is 6.69. The van der Waals surface area contributed by atoms with Crippen LogP contribution in [0.5, 0.6) is 0 Å².